The summed E-state index contributed by atoms with van der Waals surface area (Å²) in [4.78, 5) is 26.7. The van der Waals surface area contributed by atoms with Gasteiger partial charge in [-0.1, -0.05) is 12.1 Å². The highest BCUT2D eigenvalue weighted by Gasteiger charge is 2.23. The Morgan fingerprint density at radius 3 is 2.36 bits per heavy atom. The monoisotopic (exact) mass is 492 g/mol. The van der Waals surface area contributed by atoms with E-state index in [2.05, 4.69) is 5.32 Å². The molecule has 1 N–H and O–H groups in total. The van der Waals surface area contributed by atoms with Crippen LogP contribution in [0, 0.1) is 0 Å². The van der Waals surface area contributed by atoms with E-state index in [0.29, 0.717) is 48.2 Å². The molecule has 0 saturated carbocycles. The van der Waals surface area contributed by atoms with Crippen LogP contribution in [0.1, 0.15) is 22.5 Å². The third-order valence-electron chi connectivity index (χ3n) is 5.80. The second-order valence-electron chi connectivity index (χ2n) is 7.97. The van der Waals surface area contributed by atoms with Gasteiger partial charge in [0.05, 0.1) is 33.2 Å². The zero-order chi connectivity index (χ0) is 25.5. The van der Waals surface area contributed by atoms with Gasteiger partial charge in [0.2, 0.25) is 0 Å². The number of amides is 2. The Morgan fingerprint density at radius 2 is 1.75 bits per heavy atom. The number of hydrogen-bond acceptors (Lipinski definition) is 7. The first-order chi connectivity index (χ1) is 17.5. The van der Waals surface area contributed by atoms with Gasteiger partial charge >= 0.3 is 0 Å². The molecule has 3 aromatic rings. The zero-order valence-corrected chi connectivity index (χ0v) is 20.4. The fourth-order valence-corrected chi connectivity index (χ4v) is 3.95. The number of ether oxygens (including phenoxy) is 4. The number of carbonyl (C=O) groups excluding carboxylic acids is 2. The Bertz CT molecular complexity index is 1230. The quantitative estimate of drug-likeness (QED) is 0.477. The molecule has 188 valence electrons. The molecule has 2 aromatic carbocycles. The third-order valence-corrected chi connectivity index (χ3v) is 5.80. The Labute approximate surface area is 209 Å². The lowest BCUT2D eigenvalue weighted by Crippen LogP contribution is -2.37. The van der Waals surface area contributed by atoms with Crippen molar-refractivity contribution in [3.05, 3.63) is 72.2 Å². The van der Waals surface area contributed by atoms with E-state index in [4.69, 9.17) is 23.4 Å². The second kappa shape index (κ2) is 11.4. The van der Waals surface area contributed by atoms with Crippen LogP contribution in [0.4, 0.5) is 5.69 Å². The predicted octanol–water partition coefficient (Wildman–Crippen LogP) is 4.25. The predicted molar refractivity (Wildman–Crippen MR) is 134 cm³/mol. The number of carbonyl (C=O) groups is 2. The molecule has 9 heteroatoms. The number of rotatable bonds is 9. The lowest BCUT2D eigenvalue weighted by Gasteiger charge is -2.28. The van der Waals surface area contributed by atoms with Gasteiger partial charge in [0.15, 0.2) is 12.4 Å². The van der Waals surface area contributed by atoms with Crippen molar-refractivity contribution in [1.29, 1.82) is 0 Å². The van der Waals surface area contributed by atoms with E-state index in [-0.39, 0.29) is 24.2 Å². The topological polar surface area (TPSA) is 99.5 Å². The molecule has 0 fully saturated rings. The van der Waals surface area contributed by atoms with Crippen molar-refractivity contribution in [1.82, 2.24) is 4.90 Å². The van der Waals surface area contributed by atoms with E-state index < -0.39 is 0 Å². The Balaban J connectivity index is 1.36. The molecule has 36 heavy (non-hydrogen) atoms. The fourth-order valence-electron chi connectivity index (χ4n) is 3.95. The third kappa shape index (κ3) is 5.63. The van der Waals surface area contributed by atoms with Crippen LogP contribution in [0.2, 0.25) is 0 Å². The van der Waals surface area contributed by atoms with Crippen LogP contribution in [0.5, 0.6) is 23.0 Å². The number of anilines is 1. The first kappa shape index (κ1) is 24.7. The summed E-state index contributed by atoms with van der Waals surface area (Å²) in [6.45, 7) is 0.856. The molecule has 0 unspecified atom stereocenters. The Kier molecular flexibility index (Phi) is 7.79. The van der Waals surface area contributed by atoms with Crippen LogP contribution in [-0.2, 0) is 4.79 Å². The molecule has 0 saturated heterocycles. The number of hydrogen-bond donors (Lipinski definition) is 1. The molecule has 2 heterocycles. The van der Waals surface area contributed by atoms with Crippen molar-refractivity contribution in [2.45, 2.75) is 6.42 Å². The SMILES string of the molecule is COc1cc(OC)c(C2=CCN(C(=O)COc3cccc(NC(=O)c4ccco4)c3)CC2)c(OC)c1. The maximum Gasteiger partial charge on any atom is 0.291 e. The normalized spacial score (nSPS) is 13.0. The van der Waals surface area contributed by atoms with Crippen LogP contribution in [-0.4, -0.2) is 57.7 Å². The van der Waals surface area contributed by atoms with Crippen molar-refractivity contribution in [2.75, 3.05) is 46.3 Å². The summed E-state index contributed by atoms with van der Waals surface area (Å²) in [6, 6.07) is 13.7. The van der Waals surface area contributed by atoms with Gasteiger partial charge in [-0.3, -0.25) is 9.59 Å². The van der Waals surface area contributed by atoms with Crippen molar-refractivity contribution >= 4 is 23.1 Å². The van der Waals surface area contributed by atoms with E-state index in [9.17, 15) is 9.59 Å². The molecule has 0 bridgehead atoms. The van der Waals surface area contributed by atoms with Crippen LogP contribution in [0.3, 0.4) is 0 Å². The maximum atomic E-state index is 12.8. The fraction of sp³-hybridized carbons (Fsp3) is 0.259. The molecule has 1 aliphatic rings. The minimum absolute atomic E-state index is 0.117. The summed E-state index contributed by atoms with van der Waals surface area (Å²) in [5, 5.41) is 2.74. The number of furan rings is 1. The molecule has 9 nitrogen and oxygen atoms in total. The smallest absolute Gasteiger partial charge is 0.291 e. The van der Waals surface area contributed by atoms with Crippen molar-refractivity contribution < 1.29 is 33.0 Å². The summed E-state index contributed by atoms with van der Waals surface area (Å²) >= 11 is 0. The van der Waals surface area contributed by atoms with E-state index >= 15 is 0 Å². The van der Waals surface area contributed by atoms with Crippen molar-refractivity contribution in [2.24, 2.45) is 0 Å². The van der Waals surface area contributed by atoms with Crippen LogP contribution >= 0.6 is 0 Å². The molecular formula is C27H28N2O7. The molecule has 2 amide bonds. The summed E-state index contributed by atoms with van der Waals surface area (Å²) in [5.74, 6) is 2.13. The van der Waals surface area contributed by atoms with Gasteiger partial charge in [0.25, 0.3) is 11.8 Å². The summed E-state index contributed by atoms with van der Waals surface area (Å²) in [6.07, 6.45) is 4.07. The molecule has 1 aliphatic heterocycles. The molecule has 0 radical (unpaired) electrons. The summed E-state index contributed by atoms with van der Waals surface area (Å²) in [7, 11) is 4.80. The standard InChI is InChI=1S/C27H28N2O7/c1-32-21-15-23(33-2)26(24(16-21)34-3)18-9-11-29(12-10-18)25(30)17-36-20-7-4-6-19(14-20)28-27(31)22-8-5-13-35-22/h4-9,13-16H,10-12,17H2,1-3H3,(H,28,31). The number of nitrogens with one attached hydrogen (secondary N) is 1. The lowest BCUT2D eigenvalue weighted by molar-refractivity contribution is -0.132. The molecule has 1 aromatic heterocycles. The van der Waals surface area contributed by atoms with E-state index in [1.807, 2.05) is 18.2 Å². The first-order valence-corrected chi connectivity index (χ1v) is 11.4. The molecular weight excluding hydrogens is 464 g/mol. The molecule has 0 aliphatic carbocycles. The maximum absolute atomic E-state index is 12.8. The Hall–Kier alpha value is -4.40. The Morgan fingerprint density at radius 1 is 0.972 bits per heavy atom. The van der Waals surface area contributed by atoms with E-state index in [0.717, 1.165) is 11.1 Å². The van der Waals surface area contributed by atoms with Crippen molar-refractivity contribution in [3.8, 4) is 23.0 Å². The van der Waals surface area contributed by atoms with E-state index in [1.165, 1.54) is 6.26 Å². The molecule has 0 atom stereocenters. The van der Waals surface area contributed by atoms with Gasteiger partial charge in [-0.25, -0.2) is 0 Å². The highest BCUT2D eigenvalue weighted by Crippen LogP contribution is 2.40. The second-order valence-corrected chi connectivity index (χ2v) is 7.97. The van der Waals surface area contributed by atoms with Crippen LogP contribution < -0.4 is 24.3 Å². The van der Waals surface area contributed by atoms with Gasteiger partial charge in [0, 0.05) is 37.0 Å². The van der Waals surface area contributed by atoms with Crippen LogP contribution in [0.25, 0.3) is 5.57 Å². The minimum Gasteiger partial charge on any atom is -0.496 e. The number of methoxy groups -OCH3 is 3. The van der Waals surface area contributed by atoms with Gasteiger partial charge < -0.3 is 33.6 Å². The largest absolute Gasteiger partial charge is 0.496 e. The number of nitrogens with zero attached hydrogens (tertiary/aromatic N) is 1. The average molecular weight is 493 g/mol. The van der Waals surface area contributed by atoms with Gasteiger partial charge in [-0.15, -0.1) is 0 Å². The highest BCUT2D eigenvalue weighted by molar-refractivity contribution is 6.02. The zero-order valence-electron chi connectivity index (χ0n) is 20.4. The minimum atomic E-state index is -0.366. The van der Waals surface area contributed by atoms with Crippen molar-refractivity contribution in [3.63, 3.8) is 0 Å². The van der Waals surface area contributed by atoms with E-state index in [1.54, 1.807) is 62.6 Å². The summed E-state index contributed by atoms with van der Waals surface area (Å²) in [5.41, 5.74) is 2.43. The number of benzene rings is 2. The lowest BCUT2D eigenvalue weighted by atomic mass is 9.97. The van der Waals surface area contributed by atoms with Gasteiger partial charge in [-0.2, -0.15) is 0 Å². The highest BCUT2D eigenvalue weighted by atomic mass is 16.5. The average Bonchev–Trinajstić information content (AvgIpc) is 3.46. The summed E-state index contributed by atoms with van der Waals surface area (Å²) < 4.78 is 27.3. The molecule has 4 rings (SSSR count). The first-order valence-electron chi connectivity index (χ1n) is 11.4. The molecule has 0 spiro atoms. The van der Waals surface area contributed by atoms with Gasteiger partial charge in [0.1, 0.15) is 23.0 Å². The van der Waals surface area contributed by atoms with Crippen LogP contribution in [0.15, 0.2) is 65.3 Å². The van der Waals surface area contributed by atoms with Gasteiger partial charge in [-0.05, 0) is 36.3 Å².